The smallest absolute Gasteiger partial charge is 0.305 e. The first-order valence-electron chi connectivity index (χ1n) is 5.54. The summed E-state index contributed by atoms with van der Waals surface area (Å²) in [6.07, 6.45) is -0.0809. The molecular weight excluding hydrogens is 234 g/mol. The quantitative estimate of drug-likeness (QED) is 0.896. The molecule has 94 valence electrons. The maximum absolute atomic E-state index is 12.0. The van der Waals surface area contributed by atoms with Crippen molar-refractivity contribution in [2.75, 3.05) is 13.6 Å². The Morgan fingerprint density at radius 3 is 2.72 bits per heavy atom. The molecule has 0 saturated heterocycles. The molecule has 2 aromatic rings. The van der Waals surface area contributed by atoms with Gasteiger partial charge in [-0.15, -0.1) is 0 Å². The van der Waals surface area contributed by atoms with Crippen LogP contribution in [0.1, 0.15) is 17.0 Å². The molecule has 18 heavy (non-hydrogen) atoms. The van der Waals surface area contributed by atoms with E-state index in [1.165, 1.54) is 4.90 Å². The zero-order chi connectivity index (χ0) is 13.1. The Labute approximate surface area is 104 Å². The van der Waals surface area contributed by atoms with Gasteiger partial charge in [0.1, 0.15) is 5.58 Å². The van der Waals surface area contributed by atoms with Crippen LogP contribution in [-0.2, 0) is 4.79 Å². The zero-order valence-electron chi connectivity index (χ0n) is 9.92. The minimum absolute atomic E-state index is 0.0809. The third-order valence-electron chi connectivity index (χ3n) is 2.64. The van der Waals surface area contributed by atoms with Gasteiger partial charge in [0, 0.05) is 19.0 Å². The fourth-order valence-electron chi connectivity index (χ4n) is 1.64. The standard InChI is InChI=1S/C13H13NO4/c1-14(7-6-12(15)16)13(17)11-8-9-4-2-3-5-10(9)18-11/h2-5,8H,6-7H2,1H3,(H,15,16). The van der Waals surface area contributed by atoms with Crippen molar-refractivity contribution in [3.63, 3.8) is 0 Å². The van der Waals surface area contributed by atoms with Crippen LogP contribution >= 0.6 is 0 Å². The molecule has 5 nitrogen and oxygen atoms in total. The van der Waals surface area contributed by atoms with Crippen molar-refractivity contribution in [3.05, 3.63) is 36.1 Å². The minimum atomic E-state index is -0.931. The van der Waals surface area contributed by atoms with Crippen molar-refractivity contribution in [1.29, 1.82) is 0 Å². The average Bonchev–Trinajstić information content (AvgIpc) is 2.78. The van der Waals surface area contributed by atoms with Gasteiger partial charge in [0.2, 0.25) is 0 Å². The molecule has 2 rings (SSSR count). The predicted octanol–water partition coefficient (Wildman–Crippen LogP) is 1.98. The van der Waals surface area contributed by atoms with E-state index in [0.29, 0.717) is 5.58 Å². The number of carbonyl (C=O) groups excluding carboxylic acids is 1. The van der Waals surface area contributed by atoms with Gasteiger partial charge in [-0.2, -0.15) is 0 Å². The van der Waals surface area contributed by atoms with Crippen molar-refractivity contribution in [2.24, 2.45) is 0 Å². The number of fused-ring (bicyclic) bond motifs is 1. The third kappa shape index (κ3) is 2.51. The topological polar surface area (TPSA) is 70.8 Å². The van der Waals surface area contributed by atoms with Crippen molar-refractivity contribution in [3.8, 4) is 0 Å². The molecule has 1 aromatic heterocycles. The second-order valence-corrected chi connectivity index (χ2v) is 4.02. The molecule has 0 bridgehead atoms. The number of para-hydroxylation sites is 1. The summed E-state index contributed by atoms with van der Waals surface area (Å²) in [6.45, 7) is 0.158. The van der Waals surface area contributed by atoms with Crippen LogP contribution in [0.3, 0.4) is 0 Å². The van der Waals surface area contributed by atoms with Gasteiger partial charge in [-0.05, 0) is 12.1 Å². The van der Waals surface area contributed by atoms with Crippen LogP contribution in [0.4, 0.5) is 0 Å². The molecule has 1 amide bonds. The van der Waals surface area contributed by atoms with E-state index in [1.807, 2.05) is 18.2 Å². The Kier molecular flexibility index (Phi) is 3.32. The van der Waals surface area contributed by atoms with Crippen LogP contribution in [-0.4, -0.2) is 35.5 Å². The first kappa shape index (κ1) is 12.2. The number of rotatable bonds is 4. The van der Waals surface area contributed by atoms with Gasteiger partial charge in [-0.3, -0.25) is 9.59 Å². The summed E-state index contributed by atoms with van der Waals surface area (Å²) in [5, 5.41) is 9.42. The summed E-state index contributed by atoms with van der Waals surface area (Å²) in [4.78, 5) is 23.7. The number of nitrogens with zero attached hydrogens (tertiary/aromatic N) is 1. The van der Waals surface area contributed by atoms with E-state index >= 15 is 0 Å². The van der Waals surface area contributed by atoms with Crippen LogP contribution in [0.15, 0.2) is 34.7 Å². The Morgan fingerprint density at radius 2 is 2.06 bits per heavy atom. The van der Waals surface area contributed by atoms with Gasteiger partial charge in [0.05, 0.1) is 6.42 Å². The van der Waals surface area contributed by atoms with E-state index in [4.69, 9.17) is 9.52 Å². The van der Waals surface area contributed by atoms with Gasteiger partial charge < -0.3 is 14.4 Å². The van der Waals surface area contributed by atoms with Crippen LogP contribution in [0, 0.1) is 0 Å². The number of aliphatic carboxylic acids is 1. The summed E-state index contributed by atoms with van der Waals surface area (Å²) in [7, 11) is 1.55. The molecule has 0 spiro atoms. The molecule has 0 fully saturated rings. The lowest BCUT2D eigenvalue weighted by molar-refractivity contribution is -0.137. The minimum Gasteiger partial charge on any atom is -0.481 e. The first-order valence-corrected chi connectivity index (χ1v) is 5.54. The van der Waals surface area contributed by atoms with Crippen LogP contribution < -0.4 is 0 Å². The van der Waals surface area contributed by atoms with E-state index in [1.54, 1.807) is 19.2 Å². The van der Waals surface area contributed by atoms with Crippen LogP contribution in [0.2, 0.25) is 0 Å². The largest absolute Gasteiger partial charge is 0.481 e. The number of carboxylic acids is 1. The highest BCUT2D eigenvalue weighted by Gasteiger charge is 2.17. The Hall–Kier alpha value is -2.30. The van der Waals surface area contributed by atoms with Crippen LogP contribution in [0.25, 0.3) is 11.0 Å². The van der Waals surface area contributed by atoms with Gasteiger partial charge in [-0.1, -0.05) is 18.2 Å². The average molecular weight is 247 g/mol. The predicted molar refractivity (Wildman–Crippen MR) is 65.4 cm³/mol. The Balaban J connectivity index is 2.15. The third-order valence-corrected chi connectivity index (χ3v) is 2.64. The second-order valence-electron chi connectivity index (χ2n) is 4.02. The number of carboxylic acid groups (broad SMARTS) is 1. The summed E-state index contributed by atoms with van der Waals surface area (Å²) in [5.74, 6) is -1.02. The molecular formula is C13H13NO4. The van der Waals surface area contributed by atoms with Crippen molar-refractivity contribution in [2.45, 2.75) is 6.42 Å². The maximum atomic E-state index is 12.0. The highest BCUT2D eigenvalue weighted by Crippen LogP contribution is 2.19. The summed E-state index contributed by atoms with van der Waals surface area (Å²) in [6, 6.07) is 8.99. The lowest BCUT2D eigenvalue weighted by Crippen LogP contribution is -2.28. The van der Waals surface area contributed by atoms with E-state index in [0.717, 1.165) is 5.39 Å². The fourth-order valence-corrected chi connectivity index (χ4v) is 1.64. The monoisotopic (exact) mass is 247 g/mol. The molecule has 0 saturated carbocycles. The van der Waals surface area contributed by atoms with Crippen molar-refractivity contribution >= 4 is 22.8 Å². The highest BCUT2D eigenvalue weighted by atomic mass is 16.4. The number of carbonyl (C=O) groups is 2. The molecule has 0 aliphatic rings. The Bertz CT molecular complexity index is 554. The Morgan fingerprint density at radius 1 is 1.33 bits per heavy atom. The molecule has 0 radical (unpaired) electrons. The van der Waals surface area contributed by atoms with Gasteiger partial charge in [-0.25, -0.2) is 0 Å². The fraction of sp³-hybridized carbons (Fsp3) is 0.231. The lowest BCUT2D eigenvalue weighted by Gasteiger charge is -2.13. The van der Waals surface area contributed by atoms with E-state index in [-0.39, 0.29) is 24.6 Å². The normalized spacial score (nSPS) is 10.5. The van der Waals surface area contributed by atoms with E-state index < -0.39 is 5.97 Å². The van der Waals surface area contributed by atoms with Crippen LogP contribution in [0.5, 0.6) is 0 Å². The first-order chi connectivity index (χ1) is 8.58. The molecule has 0 aliphatic carbocycles. The van der Waals surface area contributed by atoms with Crippen molar-refractivity contribution < 1.29 is 19.1 Å². The van der Waals surface area contributed by atoms with E-state index in [9.17, 15) is 9.59 Å². The molecule has 1 aromatic carbocycles. The molecule has 0 atom stereocenters. The molecule has 1 N–H and O–H groups in total. The maximum Gasteiger partial charge on any atom is 0.305 e. The molecule has 0 unspecified atom stereocenters. The summed E-state index contributed by atoms with van der Waals surface area (Å²) in [5.41, 5.74) is 0.646. The molecule has 1 heterocycles. The number of hydrogen-bond donors (Lipinski definition) is 1. The summed E-state index contributed by atoms with van der Waals surface area (Å²) < 4.78 is 5.42. The number of hydrogen-bond acceptors (Lipinski definition) is 3. The van der Waals surface area contributed by atoms with Gasteiger partial charge >= 0.3 is 5.97 Å². The number of amides is 1. The zero-order valence-corrected chi connectivity index (χ0v) is 9.92. The van der Waals surface area contributed by atoms with Gasteiger partial charge in [0.15, 0.2) is 5.76 Å². The van der Waals surface area contributed by atoms with Gasteiger partial charge in [0.25, 0.3) is 5.91 Å². The SMILES string of the molecule is CN(CCC(=O)O)C(=O)c1cc2ccccc2o1. The number of benzene rings is 1. The lowest BCUT2D eigenvalue weighted by atomic mass is 10.2. The van der Waals surface area contributed by atoms with E-state index in [2.05, 4.69) is 0 Å². The highest BCUT2D eigenvalue weighted by molar-refractivity contribution is 5.96. The number of furan rings is 1. The molecule has 0 aliphatic heterocycles. The van der Waals surface area contributed by atoms with Crippen molar-refractivity contribution in [1.82, 2.24) is 4.90 Å². The second kappa shape index (κ2) is 4.91. The summed E-state index contributed by atoms with van der Waals surface area (Å²) >= 11 is 0. The molecule has 5 heteroatoms.